The molecule has 0 aliphatic rings. The Labute approximate surface area is 122 Å². The number of hydrogen-bond acceptors (Lipinski definition) is 4. The van der Waals surface area contributed by atoms with Gasteiger partial charge in [0.05, 0.1) is 7.11 Å². The number of aromatic amines is 1. The van der Waals surface area contributed by atoms with E-state index in [0.29, 0.717) is 29.4 Å². The van der Waals surface area contributed by atoms with Gasteiger partial charge >= 0.3 is 0 Å². The lowest BCUT2D eigenvalue weighted by Crippen LogP contribution is -2.07. The van der Waals surface area contributed by atoms with Gasteiger partial charge in [-0.2, -0.15) is 5.10 Å². The van der Waals surface area contributed by atoms with Crippen molar-refractivity contribution < 1.29 is 9.47 Å². The lowest BCUT2D eigenvalue weighted by molar-refractivity contribution is 0.271. The minimum absolute atomic E-state index is 0.306. The van der Waals surface area contributed by atoms with Crippen LogP contribution in [0.25, 0.3) is 0 Å². The molecule has 0 saturated carbocycles. The van der Waals surface area contributed by atoms with Crippen LogP contribution in [0.2, 0.25) is 0 Å². The van der Waals surface area contributed by atoms with Gasteiger partial charge in [0.2, 0.25) is 0 Å². The van der Waals surface area contributed by atoms with E-state index in [0.717, 1.165) is 11.4 Å². The smallest absolute Gasteiger partial charge is 0.195 e. The summed E-state index contributed by atoms with van der Waals surface area (Å²) in [5.74, 6) is 2.10. The van der Waals surface area contributed by atoms with Gasteiger partial charge in [-0.3, -0.25) is 9.67 Å². The van der Waals surface area contributed by atoms with Crippen molar-refractivity contribution in [2.24, 2.45) is 0 Å². The summed E-state index contributed by atoms with van der Waals surface area (Å²) in [5, 5.41) is 6.91. The molecule has 0 fully saturated rings. The van der Waals surface area contributed by atoms with Crippen molar-refractivity contribution in [3.05, 3.63) is 47.0 Å². The molecule has 1 heterocycles. The Bertz CT molecular complexity index is 661. The third-order valence-electron chi connectivity index (χ3n) is 2.82. The van der Waals surface area contributed by atoms with Gasteiger partial charge in [0, 0.05) is 6.54 Å². The molecule has 0 radical (unpaired) electrons. The van der Waals surface area contributed by atoms with Crippen LogP contribution in [0.4, 0.5) is 0 Å². The summed E-state index contributed by atoms with van der Waals surface area (Å²) in [7, 11) is 1.62. The van der Waals surface area contributed by atoms with Crippen LogP contribution in [0.15, 0.2) is 30.9 Å². The number of ether oxygens (including phenoxy) is 2. The maximum absolute atomic E-state index is 5.76. The lowest BCUT2D eigenvalue weighted by atomic mass is 10.2. The van der Waals surface area contributed by atoms with E-state index < -0.39 is 0 Å². The second-order valence-electron chi connectivity index (χ2n) is 4.29. The van der Waals surface area contributed by atoms with Gasteiger partial charge < -0.3 is 9.47 Å². The molecule has 0 unspecified atom stereocenters. The number of aromatic nitrogens is 3. The molecule has 5 nitrogen and oxygen atoms in total. The molecule has 0 bridgehead atoms. The first-order chi connectivity index (χ1) is 9.65. The first-order valence-electron chi connectivity index (χ1n) is 6.18. The molecule has 0 aliphatic carbocycles. The second kappa shape index (κ2) is 6.38. The monoisotopic (exact) mass is 291 g/mol. The minimum Gasteiger partial charge on any atom is -0.493 e. The first kappa shape index (κ1) is 14.3. The third-order valence-corrected chi connectivity index (χ3v) is 3.14. The number of nitrogens with zero attached hydrogens (tertiary/aromatic N) is 2. The van der Waals surface area contributed by atoms with E-state index in [1.165, 1.54) is 0 Å². The van der Waals surface area contributed by atoms with E-state index in [4.69, 9.17) is 21.7 Å². The SMILES string of the molecule is C=CCn1c(COc2ccc(C)cc2OC)n[nH]c1=S. The number of hydrogen-bond donors (Lipinski definition) is 1. The fourth-order valence-corrected chi connectivity index (χ4v) is 2.04. The summed E-state index contributed by atoms with van der Waals surface area (Å²) >= 11 is 5.15. The number of aryl methyl sites for hydroxylation is 1. The summed E-state index contributed by atoms with van der Waals surface area (Å²) in [6.45, 7) is 6.61. The number of methoxy groups -OCH3 is 1. The van der Waals surface area contributed by atoms with E-state index in [-0.39, 0.29) is 0 Å². The van der Waals surface area contributed by atoms with Crippen LogP contribution in [0.1, 0.15) is 11.4 Å². The number of nitrogens with one attached hydrogen (secondary N) is 1. The van der Waals surface area contributed by atoms with Crippen molar-refractivity contribution in [1.29, 1.82) is 0 Å². The summed E-state index contributed by atoms with van der Waals surface area (Å²) in [5.41, 5.74) is 1.11. The molecule has 20 heavy (non-hydrogen) atoms. The highest BCUT2D eigenvalue weighted by Crippen LogP contribution is 2.28. The van der Waals surface area contributed by atoms with E-state index in [9.17, 15) is 0 Å². The fraction of sp³-hybridized carbons (Fsp3) is 0.286. The van der Waals surface area contributed by atoms with Gasteiger partial charge in [0.25, 0.3) is 0 Å². The second-order valence-corrected chi connectivity index (χ2v) is 4.67. The van der Waals surface area contributed by atoms with Crippen molar-refractivity contribution in [3.63, 3.8) is 0 Å². The molecule has 2 aromatic rings. The van der Waals surface area contributed by atoms with Crippen molar-refractivity contribution in [2.75, 3.05) is 7.11 Å². The average molecular weight is 291 g/mol. The maximum atomic E-state index is 5.76. The Morgan fingerprint density at radius 3 is 2.95 bits per heavy atom. The predicted octanol–water partition coefficient (Wildman–Crippen LogP) is 3.02. The van der Waals surface area contributed by atoms with Crippen LogP contribution >= 0.6 is 12.2 Å². The Hall–Kier alpha value is -2.08. The molecule has 2 rings (SSSR count). The number of allylic oxidation sites excluding steroid dienone is 1. The number of rotatable bonds is 6. The van der Waals surface area contributed by atoms with E-state index in [2.05, 4.69) is 16.8 Å². The Balaban J connectivity index is 2.17. The van der Waals surface area contributed by atoms with Gasteiger partial charge in [-0.1, -0.05) is 12.1 Å². The van der Waals surface area contributed by atoms with Gasteiger partial charge in [0.1, 0.15) is 6.61 Å². The average Bonchev–Trinajstić information content (AvgIpc) is 2.79. The quantitative estimate of drug-likeness (QED) is 0.656. The Morgan fingerprint density at radius 1 is 1.45 bits per heavy atom. The topological polar surface area (TPSA) is 52.1 Å². The fourth-order valence-electron chi connectivity index (χ4n) is 1.81. The molecule has 0 spiro atoms. The largest absolute Gasteiger partial charge is 0.493 e. The number of benzene rings is 1. The predicted molar refractivity (Wildman–Crippen MR) is 79.7 cm³/mol. The molecule has 1 aromatic carbocycles. The highest BCUT2D eigenvalue weighted by Gasteiger charge is 2.09. The molecule has 0 atom stereocenters. The van der Waals surface area contributed by atoms with E-state index in [1.807, 2.05) is 29.7 Å². The molecule has 0 aliphatic heterocycles. The Morgan fingerprint density at radius 2 is 2.25 bits per heavy atom. The van der Waals surface area contributed by atoms with E-state index >= 15 is 0 Å². The van der Waals surface area contributed by atoms with Crippen LogP contribution < -0.4 is 9.47 Å². The van der Waals surface area contributed by atoms with Crippen molar-refractivity contribution in [2.45, 2.75) is 20.1 Å². The third kappa shape index (κ3) is 3.08. The van der Waals surface area contributed by atoms with Crippen molar-refractivity contribution in [1.82, 2.24) is 14.8 Å². The summed E-state index contributed by atoms with van der Waals surface area (Å²) in [6, 6.07) is 5.78. The molecule has 1 aromatic heterocycles. The van der Waals surface area contributed by atoms with Crippen LogP contribution in [-0.2, 0) is 13.2 Å². The van der Waals surface area contributed by atoms with Crippen molar-refractivity contribution in [3.8, 4) is 11.5 Å². The maximum Gasteiger partial charge on any atom is 0.195 e. The Kier molecular flexibility index (Phi) is 4.57. The molecule has 1 N–H and O–H groups in total. The molecule has 0 saturated heterocycles. The first-order valence-corrected chi connectivity index (χ1v) is 6.59. The molecule has 0 amide bonds. The zero-order chi connectivity index (χ0) is 14.5. The molecule has 106 valence electrons. The van der Waals surface area contributed by atoms with Crippen LogP contribution in [0, 0.1) is 11.7 Å². The standard InChI is InChI=1S/C14H17N3O2S/c1-4-7-17-13(15-16-14(17)20)9-19-11-6-5-10(2)8-12(11)18-3/h4-6,8H,1,7,9H2,2-3H3,(H,16,20). The van der Waals surface area contributed by atoms with Crippen LogP contribution in [-0.4, -0.2) is 21.9 Å². The van der Waals surface area contributed by atoms with Gasteiger partial charge in [0.15, 0.2) is 22.1 Å². The van der Waals surface area contributed by atoms with Crippen molar-refractivity contribution >= 4 is 12.2 Å². The highest BCUT2D eigenvalue weighted by atomic mass is 32.1. The molecular formula is C14H17N3O2S. The zero-order valence-electron chi connectivity index (χ0n) is 11.5. The van der Waals surface area contributed by atoms with Crippen LogP contribution in [0.3, 0.4) is 0 Å². The zero-order valence-corrected chi connectivity index (χ0v) is 12.4. The lowest BCUT2D eigenvalue weighted by Gasteiger charge is -2.11. The minimum atomic E-state index is 0.306. The van der Waals surface area contributed by atoms with Gasteiger partial charge in [-0.25, -0.2) is 0 Å². The van der Waals surface area contributed by atoms with Gasteiger partial charge in [-0.15, -0.1) is 6.58 Å². The normalized spacial score (nSPS) is 10.3. The van der Waals surface area contributed by atoms with Crippen LogP contribution in [0.5, 0.6) is 11.5 Å². The molecule has 6 heteroatoms. The number of H-pyrrole nitrogens is 1. The molecular weight excluding hydrogens is 274 g/mol. The van der Waals surface area contributed by atoms with Gasteiger partial charge in [-0.05, 0) is 36.8 Å². The summed E-state index contributed by atoms with van der Waals surface area (Å²) in [6.07, 6.45) is 1.77. The van der Waals surface area contributed by atoms with E-state index in [1.54, 1.807) is 13.2 Å². The summed E-state index contributed by atoms with van der Waals surface area (Å²) in [4.78, 5) is 0. The highest BCUT2D eigenvalue weighted by molar-refractivity contribution is 7.71. The summed E-state index contributed by atoms with van der Waals surface area (Å²) < 4.78 is 13.5.